The van der Waals surface area contributed by atoms with Gasteiger partial charge in [0.05, 0.1) is 13.5 Å². The van der Waals surface area contributed by atoms with Gasteiger partial charge in [0.15, 0.2) is 16.6 Å². The van der Waals surface area contributed by atoms with Crippen LogP contribution in [0.4, 0.5) is 5.69 Å². The number of hydrogen-bond acceptors (Lipinski definition) is 5. The number of fused-ring (bicyclic) bond motifs is 1. The average molecular weight is 350 g/mol. The molecule has 0 bridgehead atoms. The first-order chi connectivity index (χ1) is 11.6. The Labute approximate surface area is 146 Å². The van der Waals surface area contributed by atoms with E-state index in [1.807, 2.05) is 18.2 Å². The normalized spacial score (nSPS) is 17.4. The predicted molar refractivity (Wildman–Crippen MR) is 94.4 cm³/mol. The van der Waals surface area contributed by atoms with E-state index in [1.54, 1.807) is 0 Å². The van der Waals surface area contributed by atoms with Gasteiger partial charge in [-0.3, -0.25) is 4.79 Å². The Morgan fingerprint density at radius 3 is 2.75 bits per heavy atom. The fourth-order valence-corrected chi connectivity index (χ4v) is 3.24. The maximum absolute atomic E-state index is 11.1. The van der Waals surface area contributed by atoms with Gasteiger partial charge in [-0.15, -0.1) is 0 Å². The predicted octanol–water partition coefficient (Wildman–Crippen LogP) is 2.97. The molecule has 2 aliphatic rings. The molecule has 1 aromatic carbocycles. The molecule has 1 fully saturated rings. The molecule has 7 heteroatoms. The highest BCUT2D eigenvalue weighted by atomic mass is 32.1. The molecule has 0 aromatic heterocycles. The van der Waals surface area contributed by atoms with Gasteiger partial charge in [-0.1, -0.05) is 6.42 Å². The van der Waals surface area contributed by atoms with Crippen LogP contribution >= 0.6 is 12.2 Å². The van der Waals surface area contributed by atoms with E-state index in [4.69, 9.17) is 21.7 Å². The molecule has 0 unspecified atom stereocenters. The van der Waals surface area contributed by atoms with E-state index >= 15 is 0 Å². The first-order valence-corrected chi connectivity index (χ1v) is 8.65. The standard InChI is InChI=1S/C17H22N2O4S/c1-21-15(20)7-10-18-16(24)19-12-5-6-13-14(11-12)23-17(22-13)8-3-2-4-9-17/h5-6,11H,2-4,7-10H2,1H3,(H2,18,19,24). The van der Waals surface area contributed by atoms with Crippen molar-refractivity contribution in [3.63, 3.8) is 0 Å². The van der Waals surface area contributed by atoms with E-state index < -0.39 is 5.79 Å². The van der Waals surface area contributed by atoms with Crippen molar-refractivity contribution in [2.75, 3.05) is 19.0 Å². The van der Waals surface area contributed by atoms with Crippen LogP contribution in [0.25, 0.3) is 0 Å². The van der Waals surface area contributed by atoms with Gasteiger partial charge in [0, 0.05) is 31.1 Å². The summed E-state index contributed by atoms with van der Waals surface area (Å²) in [6.07, 6.45) is 5.63. The summed E-state index contributed by atoms with van der Waals surface area (Å²) in [5, 5.41) is 6.50. The van der Waals surface area contributed by atoms with Crippen molar-refractivity contribution in [1.82, 2.24) is 5.32 Å². The lowest BCUT2D eigenvalue weighted by atomic mass is 9.94. The Kier molecular flexibility index (Phi) is 5.08. The molecule has 1 spiro atoms. The zero-order valence-corrected chi connectivity index (χ0v) is 14.5. The molecule has 2 N–H and O–H groups in total. The number of benzene rings is 1. The van der Waals surface area contributed by atoms with Gasteiger partial charge < -0.3 is 24.8 Å². The van der Waals surface area contributed by atoms with Crippen LogP contribution < -0.4 is 20.1 Å². The number of ether oxygens (including phenoxy) is 3. The Hall–Kier alpha value is -2.02. The Morgan fingerprint density at radius 1 is 1.25 bits per heavy atom. The third-order valence-corrected chi connectivity index (χ3v) is 4.50. The number of nitrogens with one attached hydrogen (secondary N) is 2. The van der Waals surface area contributed by atoms with Gasteiger partial charge in [0.25, 0.3) is 5.79 Å². The summed E-state index contributed by atoms with van der Waals surface area (Å²) in [7, 11) is 1.37. The van der Waals surface area contributed by atoms with E-state index in [9.17, 15) is 4.79 Å². The first kappa shape index (κ1) is 16.8. The summed E-state index contributed by atoms with van der Waals surface area (Å²) >= 11 is 5.22. The minimum Gasteiger partial charge on any atom is -0.469 e. The molecule has 6 nitrogen and oxygen atoms in total. The molecule has 0 atom stereocenters. The topological polar surface area (TPSA) is 68.8 Å². The van der Waals surface area contributed by atoms with Crippen LogP contribution in [0.1, 0.15) is 38.5 Å². The van der Waals surface area contributed by atoms with E-state index in [1.165, 1.54) is 13.5 Å². The summed E-state index contributed by atoms with van der Waals surface area (Å²) < 4.78 is 16.7. The highest BCUT2D eigenvalue weighted by Gasteiger charge is 2.42. The molecule has 130 valence electrons. The zero-order chi connectivity index (χ0) is 17.0. The lowest BCUT2D eigenvalue weighted by molar-refractivity contribution is -0.140. The van der Waals surface area contributed by atoms with Gasteiger partial charge in [0.2, 0.25) is 0 Å². The number of hydrogen-bond donors (Lipinski definition) is 2. The van der Waals surface area contributed by atoms with Crippen molar-refractivity contribution < 1.29 is 19.0 Å². The van der Waals surface area contributed by atoms with Crippen molar-refractivity contribution in [1.29, 1.82) is 0 Å². The van der Waals surface area contributed by atoms with Crippen molar-refractivity contribution in [2.45, 2.75) is 44.3 Å². The van der Waals surface area contributed by atoms with Crippen molar-refractivity contribution >= 4 is 29.0 Å². The summed E-state index contributed by atoms with van der Waals surface area (Å²) in [5.41, 5.74) is 0.820. The van der Waals surface area contributed by atoms with Crippen molar-refractivity contribution in [3.8, 4) is 11.5 Å². The second-order valence-corrected chi connectivity index (χ2v) is 6.45. The lowest BCUT2D eigenvalue weighted by Crippen LogP contribution is -2.40. The first-order valence-electron chi connectivity index (χ1n) is 8.24. The van der Waals surface area contributed by atoms with E-state index in [0.717, 1.165) is 42.9 Å². The number of carbonyl (C=O) groups excluding carboxylic acids is 1. The summed E-state index contributed by atoms with van der Waals surface area (Å²) in [6.45, 7) is 0.423. The summed E-state index contributed by atoms with van der Waals surface area (Å²) in [6, 6.07) is 5.70. The van der Waals surface area contributed by atoms with E-state index in [2.05, 4.69) is 15.4 Å². The minimum atomic E-state index is -0.474. The van der Waals surface area contributed by atoms with Crippen LogP contribution in [-0.4, -0.2) is 30.5 Å². The van der Waals surface area contributed by atoms with Crippen LogP contribution in [0.15, 0.2) is 18.2 Å². The van der Waals surface area contributed by atoms with Gasteiger partial charge >= 0.3 is 5.97 Å². The fraction of sp³-hybridized carbons (Fsp3) is 0.529. The smallest absolute Gasteiger partial charge is 0.307 e. The molecule has 1 heterocycles. The Balaban J connectivity index is 1.55. The quantitative estimate of drug-likeness (QED) is 0.639. The zero-order valence-electron chi connectivity index (χ0n) is 13.7. The highest BCUT2D eigenvalue weighted by molar-refractivity contribution is 7.80. The third-order valence-electron chi connectivity index (χ3n) is 4.25. The molecule has 1 aliphatic carbocycles. The summed E-state index contributed by atoms with van der Waals surface area (Å²) in [5.74, 6) is 0.788. The van der Waals surface area contributed by atoms with Crippen LogP contribution in [0.2, 0.25) is 0 Å². The third kappa shape index (κ3) is 3.90. The molecule has 0 radical (unpaired) electrons. The van der Waals surface area contributed by atoms with Gasteiger partial charge in [-0.25, -0.2) is 0 Å². The molecular formula is C17H22N2O4S. The summed E-state index contributed by atoms with van der Waals surface area (Å²) in [4.78, 5) is 11.1. The second kappa shape index (κ2) is 7.25. The molecular weight excluding hydrogens is 328 g/mol. The molecule has 0 amide bonds. The minimum absolute atomic E-state index is 0.266. The lowest BCUT2D eigenvalue weighted by Gasteiger charge is -2.31. The van der Waals surface area contributed by atoms with Crippen molar-refractivity contribution in [3.05, 3.63) is 18.2 Å². The molecule has 1 aliphatic heterocycles. The maximum Gasteiger partial charge on any atom is 0.307 e. The molecule has 0 saturated heterocycles. The number of rotatable bonds is 4. The monoisotopic (exact) mass is 350 g/mol. The van der Waals surface area contributed by atoms with E-state index in [-0.39, 0.29) is 12.4 Å². The molecule has 3 rings (SSSR count). The Morgan fingerprint density at radius 2 is 2.00 bits per heavy atom. The average Bonchev–Trinajstić information content (AvgIpc) is 2.91. The van der Waals surface area contributed by atoms with Crippen LogP contribution in [0, 0.1) is 0 Å². The SMILES string of the molecule is COC(=O)CCNC(=S)Nc1ccc2c(c1)OC1(CCCCC1)O2. The fourth-order valence-electron chi connectivity index (χ4n) is 3.02. The number of carbonyl (C=O) groups is 1. The van der Waals surface area contributed by atoms with Crippen molar-refractivity contribution in [2.24, 2.45) is 0 Å². The second-order valence-electron chi connectivity index (χ2n) is 6.04. The van der Waals surface area contributed by atoms with Crippen LogP contribution in [0.5, 0.6) is 11.5 Å². The van der Waals surface area contributed by atoms with Crippen LogP contribution in [0.3, 0.4) is 0 Å². The molecule has 1 aromatic rings. The van der Waals surface area contributed by atoms with E-state index in [0.29, 0.717) is 11.7 Å². The number of esters is 1. The molecule has 24 heavy (non-hydrogen) atoms. The number of methoxy groups -OCH3 is 1. The number of thiocarbonyl (C=S) groups is 1. The Bertz CT molecular complexity index is 629. The van der Waals surface area contributed by atoms with Gasteiger partial charge in [0.1, 0.15) is 0 Å². The largest absolute Gasteiger partial charge is 0.469 e. The van der Waals surface area contributed by atoms with Gasteiger partial charge in [-0.2, -0.15) is 0 Å². The molecule has 1 saturated carbocycles. The highest BCUT2D eigenvalue weighted by Crippen LogP contribution is 2.46. The van der Waals surface area contributed by atoms with Crippen LogP contribution in [-0.2, 0) is 9.53 Å². The maximum atomic E-state index is 11.1. The van der Waals surface area contributed by atoms with Gasteiger partial charge in [-0.05, 0) is 37.2 Å². The number of anilines is 1.